The second kappa shape index (κ2) is 14.0. The Morgan fingerprint density at radius 1 is 1.21 bits per heavy atom. The molecule has 6 nitrogen and oxygen atoms in total. The van der Waals surface area contributed by atoms with Gasteiger partial charge in [-0.05, 0) is 51.7 Å². The fraction of sp³-hybridized carbons (Fsp3) is 0.905. The van der Waals surface area contributed by atoms with E-state index in [9.17, 15) is 4.79 Å². The Bertz CT molecular complexity index is 503. The van der Waals surface area contributed by atoms with Crippen molar-refractivity contribution in [1.82, 2.24) is 15.5 Å². The molecule has 2 fully saturated rings. The monoisotopic (exact) mass is 540 g/mol. The summed E-state index contributed by atoms with van der Waals surface area (Å²) in [5.41, 5.74) is 0. The van der Waals surface area contributed by atoms with E-state index in [2.05, 4.69) is 42.6 Å². The van der Waals surface area contributed by atoms with E-state index >= 15 is 0 Å². The number of piperidine rings is 1. The first-order valence-electron chi connectivity index (χ1n) is 11.0. The summed E-state index contributed by atoms with van der Waals surface area (Å²) in [6.07, 6.45) is 8.16. The predicted octanol–water partition coefficient (Wildman–Crippen LogP) is 3.50. The molecule has 2 rings (SSSR count). The van der Waals surface area contributed by atoms with Crippen LogP contribution in [0.4, 0.5) is 0 Å². The van der Waals surface area contributed by atoms with Gasteiger partial charge in [-0.3, -0.25) is 9.79 Å². The zero-order chi connectivity index (χ0) is 20.4. The zero-order valence-electron chi connectivity index (χ0n) is 18.7. The number of thioether (sulfide) groups is 1. The third-order valence-electron chi connectivity index (χ3n) is 6.19. The molecule has 0 saturated carbocycles. The van der Waals surface area contributed by atoms with E-state index in [-0.39, 0.29) is 34.6 Å². The van der Waals surface area contributed by atoms with Crippen molar-refractivity contribution in [2.75, 3.05) is 45.6 Å². The molecule has 8 heteroatoms. The number of hydrogen-bond acceptors (Lipinski definition) is 4. The summed E-state index contributed by atoms with van der Waals surface area (Å²) >= 11 is 1.92. The molecule has 2 aliphatic rings. The number of rotatable bonds is 8. The maximum Gasteiger partial charge on any atom is 0.225 e. The number of amides is 1. The van der Waals surface area contributed by atoms with Gasteiger partial charge < -0.3 is 20.3 Å². The first-order valence-corrected chi connectivity index (χ1v) is 12.3. The molecule has 170 valence electrons. The van der Waals surface area contributed by atoms with Crippen molar-refractivity contribution in [1.29, 1.82) is 0 Å². The number of halogens is 1. The third-order valence-corrected chi connectivity index (χ3v) is 7.59. The van der Waals surface area contributed by atoms with Crippen LogP contribution in [0, 0.1) is 5.92 Å². The summed E-state index contributed by atoms with van der Waals surface area (Å²) in [4.78, 5) is 19.6. The number of nitrogens with zero attached hydrogens (tertiary/aromatic N) is 2. The van der Waals surface area contributed by atoms with E-state index in [0.717, 1.165) is 83.9 Å². The van der Waals surface area contributed by atoms with Gasteiger partial charge in [0.1, 0.15) is 0 Å². The highest BCUT2D eigenvalue weighted by Crippen LogP contribution is 2.34. The lowest BCUT2D eigenvalue weighted by molar-refractivity contribution is -0.136. The number of aliphatic imine (C=N–C) groups is 1. The smallest absolute Gasteiger partial charge is 0.225 e. The van der Waals surface area contributed by atoms with E-state index < -0.39 is 0 Å². The summed E-state index contributed by atoms with van der Waals surface area (Å²) in [7, 11) is 0. The Kier molecular flexibility index (Phi) is 12.9. The van der Waals surface area contributed by atoms with E-state index in [1.165, 1.54) is 0 Å². The number of ether oxygens (including phenoxy) is 1. The van der Waals surface area contributed by atoms with Crippen LogP contribution in [0.2, 0.25) is 0 Å². The molecule has 0 radical (unpaired) electrons. The number of guanidine groups is 1. The van der Waals surface area contributed by atoms with Crippen molar-refractivity contribution in [3.63, 3.8) is 0 Å². The van der Waals surface area contributed by atoms with Crippen LogP contribution in [-0.4, -0.2) is 73.2 Å². The van der Waals surface area contributed by atoms with Gasteiger partial charge >= 0.3 is 0 Å². The number of carbonyl (C=O) groups is 1. The Morgan fingerprint density at radius 2 is 1.83 bits per heavy atom. The molecule has 1 amide bonds. The average Bonchev–Trinajstić information content (AvgIpc) is 2.74. The first kappa shape index (κ1) is 26.8. The van der Waals surface area contributed by atoms with Crippen LogP contribution in [0.15, 0.2) is 4.99 Å². The number of nitrogens with one attached hydrogen (secondary N) is 2. The minimum atomic E-state index is 0. The fourth-order valence-electron chi connectivity index (χ4n) is 4.05. The van der Waals surface area contributed by atoms with Crippen LogP contribution in [0.1, 0.15) is 59.3 Å². The first-order chi connectivity index (χ1) is 13.6. The Balaban J connectivity index is 0.00000420. The Morgan fingerprint density at radius 3 is 2.34 bits per heavy atom. The van der Waals surface area contributed by atoms with E-state index in [1.807, 2.05) is 11.8 Å². The molecule has 0 unspecified atom stereocenters. The van der Waals surface area contributed by atoms with Crippen LogP contribution in [0.3, 0.4) is 0 Å². The lowest BCUT2D eigenvalue weighted by Crippen LogP contribution is -2.51. The van der Waals surface area contributed by atoms with Gasteiger partial charge in [0.25, 0.3) is 0 Å². The molecule has 0 atom stereocenters. The standard InChI is InChI=1S/C21H40N4O2S.HI/c1-5-17(6-2)19(26)25-12-8-18(9-13-25)24-20(22-7-3)23-16-21(28-4)10-14-27-15-11-21;/h17-18H,5-16H2,1-4H3,(H2,22,23,24);1H. The molecule has 0 bridgehead atoms. The normalized spacial score (nSPS) is 20.3. The topological polar surface area (TPSA) is 66.0 Å². The molecule has 2 heterocycles. The van der Waals surface area contributed by atoms with Crippen molar-refractivity contribution in [3.8, 4) is 0 Å². The highest BCUT2D eigenvalue weighted by molar-refractivity contribution is 14.0. The van der Waals surface area contributed by atoms with Crippen LogP contribution in [0.25, 0.3) is 0 Å². The molecule has 29 heavy (non-hydrogen) atoms. The summed E-state index contributed by atoms with van der Waals surface area (Å²) in [6.45, 7) is 11.4. The molecule has 2 aliphatic heterocycles. The Hall–Kier alpha value is -0.220. The second-order valence-electron chi connectivity index (χ2n) is 7.95. The average molecular weight is 541 g/mol. The van der Waals surface area contributed by atoms with Crippen molar-refractivity contribution in [2.24, 2.45) is 10.9 Å². The lowest BCUT2D eigenvalue weighted by atomic mass is 9.98. The molecule has 0 aromatic heterocycles. The van der Waals surface area contributed by atoms with Crippen LogP contribution in [0.5, 0.6) is 0 Å². The molecule has 2 saturated heterocycles. The second-order valence-corrected chi connectivity index (χ2v) is 9.23. The molecule has 0 aromatic rings. The fourth-order valence-corrected chi connectivity index (χ4v) is 4.82. The number of carbonyl (C=O) groups excluding carboxylic acids is 1. The largest absolute Gasteiger partial charge is 0.381 e. The van der Waals surface area contributed by atoms with Crippen LogP contribution >= 0.6 is 35.7 Å². The number of hydrogen-bond donors (Lipinski definition) is 2. The summed E-state index contributed by atoms with van der Waals surface area (Å²) in [5, 5.41) is 7.01. The summed E-state index contributed by atoms with van der Waals surface area (Å²) in [5.74, 6) is 1.43. The van der Waals surface area contributed by atoms with Gasteiger partial charge in [-0.15, -0.1) is 24.0 Å². The highest BCUT2D eigenvalue weighted by Gasteiger charge is 2.32. The van der Waals surface area contributed by atoms with Crippen molar-refractivity contribution in [3.05, 3.63) is 0 Å². The minimum Gasteiger partial charge on any atom is -0.381 e. The zero-order valence-corrected chi connectivity index (χ0v) is 21.8. The SMILES string of the molecule is CCNC(=NCC1(SC)CCOCC1)NC1CCN(C(=O)C(CC)CC)CC1.I. The quantitative estimate of drug-likeness (QED) is 0.280. The van der Waals surface area contributed by atoms with Crippen molar-refractivity contribution >= 4 is 47.6 Å². The molecular formula is C21H41IN4O2S. The number of likely N-dealkylation sites (tertiary alicyclic amines) is 1. The molecule has 0 aromatic carbocycles. The summed E-state index contributed by atoms with van der Waals surface area (Å²) < 4.78 is 5.74. The van der Waals surface area contributed by atoms with Gasteiger partial charge in [0.2, 0.25) is 5.91 Å². The van der Waals surface area contributed by atoms with Gasteiger partial charge in [0.05, 0.1) is 6.54 Å². The third kappa shape index (κ3) is 8.09. The van der Waals surface area contributed by atoms with Gasteiger partial charge in [0, 0.05) is 49.6 Å². The minimum absolute atomic E-state index is 0. The van der Waals surface area contributed by atoms with E-state index in [0.29, 0.717) is 11.9 Å². The lowest BCUT2D eigenvalue weighted by Gasteiger charge is -2.36. The van der Waals surface area contributed by atoms with Crippen LogP contribution < -0.4 is 10.6 Å². The highest BCUT2D eigenvalue weighted by atomic mass is 127. The van der Waals surface area contributed by atoms with Gasteiger partial charge in [-0.25, -0.2) is 0 Å². The maximum atomic E-state index is 12.6. The van der Waals surface area contributed by atoms with Crippen molar-refractivity contribution in [2.45, 2.75) is 70.1 Å². The van der Waals surface area contributed by atoms with Gasteiger partial charge in [0.15, 0.2) is 5.96 Å². The van der Waals surface area contributed by atoms with Crippen LogP contribution in [-0.2, 0) is 9.53 Å². The van der Waals surface area contributed by atoms with E-state index in [4.69, 9.17) is 9.73 Å². The van der Waals surface area contributed by atoms with Gasteiger partial charge in [-0.2, -0.15) is 11.8 Å². The maximum absolute atomic E-state index is 12.6. The Labute approximate surface area is 198 Å². The van der Waals surface area contributed by atoms with Gasteiger partial charge in [-0.1, -0.05) is 13.8 Å². The van der Waals surface area contributed by atoms with E-state index in [1.54, 1.807) is 0 Å². The molecule has 2 N–H and O–H groups in total. The molecule has 0 spiro atoms. The summed E-state index contributed by atoms with van der Waals surface area (Å²) in [6, 6.07) is 0.378. The predicted molar refractivity (Wildman–Crippen MR) is 135 cm³/mol. The van der Waals surface area contributed by atoms with Crippen molar-refractivity contribution < 1.29 is 9.53 Å². The molecule has 0 aliphatic carbocycles. The molecular weight excluding hydrogens is 499 g/mol.